The predicted octanol–water partition coefficient (Wildman–Crippen LogP) is 4.16. The molecule has 1 nitrogen and oxygen atoms in total. The van der Waals surface area contributed by atoms with Crippen LogP contribution in [0.3, 0.4) is 0 Å². The lowest BCUT2D eigenvalue weighted by Crippen LogP contribution is -2.13. The van der Waals surface area contributed by atoms with Crippen LogP contribution in [-0.4, -0.2) is 0 Å². The van der Waals surface area contributed by atoms with Gasteiger partial charge in [-0.25, -0.2) is 0 Å². The monoisotopic (exact) mass is 225 g/mol. The van der Waals surface area contributed by atoms with Crippen LogP contribution in [0.25, 0.3) is 0 Å². The van der Waals surface area contributed by atoms with Crippen LogP contribution in [0.15, 0.2) is 72.2 Å². The average molecular weight is 225 g/mol. The average Bonchev–Trinajstić information content (AvgIpc) is 2.24. The summed E-state index contributed by atoms with van der Waals surface area (Å²) in [6.07, 6.45) is 25.7. The van der Waals surface area contributed by atoms with Crippen LogP contribution < -0.4 is 5.32 Å². The summed E-state index contributed by atoms with van der Waals surface area (Å²) < 4.78 is 0. The zero-order valence-electron chi connectivity index (χ0n) is 10.1. The lowest BCUT2D eigenvalue weighted by atomic mass is 10.1. The van der Waals surface area contributed by atoms with Gasteiger partial charge in [0.25, 0.3) is 0 Å². The molecule has 0 saturated carbocycles. The van der Waals surface area contributed by atoms with Gasteiger partial charge >= 0.3 is 0 Å². The van der Waals surface area contributed by atoms with Crippen LogP contribution in [0.5, 0.6) is 0 Å². The quantitative estimate of drug-likeness (QED) is 0.744. The summed E-state index contributed by atoms with van der Waals surface area (Å²) in [5, 5.41) is 3.55. The molecule has 0 unspecified atom stereocenters. The van der Waals surface area contributed by atoms with Gasteiger partial charge in [-0.1, -0.05) is 48.6 Å². The smallest absolute Gasteiger partial charge is 0.0151 e. The van der Waals surface area contributed by atoms with E-state index in [0.29, 0.717) is 0 Å². The van der Waals surface area contributed by atoms with E-state index in [2.05, 4.69) is 66.1 Å². The molecule has 0 heterocycles. The van der Waals surface area contributed by atoms with Crippen molar-refractivity contribution in [3.05, 3.63) is 72.2 Å². The fourth-order valence-electron chi connectivity index (χ4n) is 1.88. The Kier molecular flexibility index (Phi) is 4.65. The predicted molar refractivity (Wildman–Crippen MR) is 74.3 cm³/mol. The minimum absolute atomic E-state index is 1.08. The Labute approximate surface area is 104 Å². The standard InChI is InChI=1S/C16H19N/c1-3-7-11-15(12-8-4-1)17-16-13-9-5-2-6-10-14-16/h1-7,9,11,13,17H,8,10,12,14H2/b4-1-,6-2?,7-3-,9-5?,15-11+,16-13+. The molecule has 0 fully saturated rings. The fraction of sp³-hybridized carbons (Fsp3) is 0.250. The Morgan fingerprint density at radius 1 is 0.647 bits per heavy atom. The van der Waals surface area contributed by atoms with Crippen molar-refractivity contribution in [2.24, 2.45) is 0 Å². The summed E-state index contributed by atoms with van der Waals surface area (Å²) in [4.78, 5) is 0. The SMILES string of the molecule is C1=C/C=C(/N/C2=C/C=C\C=C/CC2)CCC=C1. The molecular weight excluding hydrogens is 206 g/mol. The second-order valence-corrected chi connectivity index (χ2v) is 4.21. The Morgan fingerprint density at radius 3 is 1.71 bits per heavy atom. The third kappa shape index (κ3) is 4.31. The summed E-state index contributed by atoms with van der Waals surface area (Å²) in [6.45, 7) is 0. The van der Waals surface area contributed by atoms with Gasteiger partial charge in [-0.15, -0.1) is 0 Å². The first kappa shape index (κ1) is 11.7. The maximum atomic E-state index is 3.55. The molecule has 2 aliphatic rings. The maximum absolute atomic E-state index is 3.55. The first-order chi connectivity index (χ1) is 8.45. The van der Waals surface area contributed by atoms with Crippen molar-refractivity contribution in [3.8, 4) is 0 Å². The molecule has 2 rings (SSSR count). The van der Waals surface area contributed by atoms with Gasteiger partial charge in [0.2, 0.25) is 0 Å². The van der Waals surface area contributed by atoms with Crippen LogP contribution in [0.4, 0.5) is 0 Å². The Bertz CT molecular complexity index is 377. The minimum atomic E-state index is 1.08. The summed E-state index contributed by atoms with van der Waals surface area (Å²) >= 11 is 0. The van der Waals surface area contributed by atoms with E-state index in [9.17, 15) is 0 Å². The number of hydrogen-bond donors (Lipinski definition) is 1. The first-order valence-corrected chi connectivity index (χ1v) is 6.27. The van der Waals surface area contributed by atoms with Crippen molar-refractivity contribution in [3.63, 3.8) is 0 Å². The van der Waals surface area contributed by atoms with Crippen molar-refractivity contribution >= 4 is 0 Å². The molecule has 88 valence electrons. The molecule has 0 aromatic rings. The van der Waals surface area contributed by atoms with Gasteiger partial charge in [-0.3, -0.25) is 0 Å². The van der Waals surface area contributed by atoms with Crippen LogP contribution >= 0.6 is 0 Å². The summed E-state index contributed by atoms with van der Waals surface area (Å²) in [6, 6.07) is 0. The molecule has 0 aliphatic heterocycles. The molecule has 2 aliphatic carbocycles. The molecule has 0 aromatic heterocycles. The van der Waals surface area contributed by atoms with Crippen molar-refractivity contribution in [2.75, 3.05) is 0 Å². The third-order valence-corrected chi connectivity index (χ3v) is 2.79. The second-order valence-electron chi connectivity index (χ2n) is 4.21. The minimum Gasteiger partial charge on any atom is -0.362 e. The highest BCUT2D eigenvalue weighted by molar-refractivity contribution is 5.25. The van der Waals surface area contributed by atoms with Gasteiger partial charge in [-0.2, -0.15) is 0 Å². The zero-order valence-corrected chi connectivity index (χ0v) is 10.1. The fourth-order valence-corrected chi connectivity index (χ4v) is 1.88. The molecule has 0 atom stereocenters. The van der Waals surface area contributed by atoms with Crippen molar-refractivity contribution in [1.82, 2.24) is 5.32 Å². The van der Waals surface area contributed by atoms with Crippen LogP contribution in [0.2, 0.25) is 0 Å². The van der Waals surface area contributed by atoms with Crippen molar-refractivity contribution in [2.45, 2.75) is 25.7 Å². The molecule has 1 N–H and O–H groups in total. The van der Waals surface area contributed by atoms with Crippen LogP contribution in [0, 0.1) is 0 Å². The van der Waals surface area contributed by atoms with E-state index in [1.807, 2.05) is 0 Å². The van der Waals surface area contributed by atoms with Crippen LogP contribution in [-0.2, 0) is 0 Å². The lowest BCUT2D eigenvalue weighted by molar-refractivity contribution is 0.792. The maximum Gasteiger partial charge on any atom is 0.0151 e. The van der Waals surface area contributed by atoms with E-state index >= 15 is 0 Å². The van der Waals surface area contributed by atoms with E-state index in [1.165, 1.54) is 11.4 Å². The molecule has 0 bridgehead atoms. The zero-order chi connectivity index (χ0) is 11.8. The largest absolute Gasteiger partial charge is 0.362 e. The van der Waals surface area contributed by atoms with E-state index in [1.54, 1.807) is 0 Å². The van der Waals surface area contributed by atoms with E-state index in [-0.39, 0.29) is 0 Å². The number of allylic oxidation sites excluding steroid dienone is 12. The molecule has 1 heteroatoms. The van der Waals surface area contributed by atoms with Crippen molar-refractivity contribution in [1.29, 1.82) is 0 Å². The summed E-state index contributed by atoms with van der Waals surface area (Å²) in [5.74, 6) is 0. The van der Waals surface area contributed by atoms with E-state index in [0.717, 1.165) is 25.7 Å². The number of hydrogen-bond acceptors (Lipinski definition) is 1. The summed E-state index contributed by atoms with van der Waals surface area (Å²) in [7, 11) is 0. The second kappa shape index (κ2) is 6.74. The third-order valence-electron chi connectivity index (χ3n) is 2.79. The van der Waals surface area contributed by atoms with Gasteiger partial charge in [0.05, 0.1) is 0 Å². The van der Waals surface area contributed by atoms with Crippen LogP contribution in [0.1, 0.15) is 25.7 Å². The normalized spacial score (nSPS) is 29.6. The van der Waals surface area contributed by atoms with E-state index < -0.39 is 0 Å². The Morgan fingerprint density at radius 2 is 1.18 bits per heavy atom. The number of rotatable bonds is 2. The Hall–Kier alpha value is -1.76. The highest BCUT2D eigenvalue weighted by atomic mass is 14.9. The topological polar surface area (TPSA) is 12.0 Å². The Balaban J connectivity index is 2.00. The molecule has 0 radical (unpaired) electrons. The lowest BCUT2D eigenvalue weighted by Gasteiger charge is -2.14. The molecule has 0 aromatic carbocycles. The molecule has 0 spiro atoms. The highest BCUT2D eigenvalue weighted by Crippen LogP contribution is 2.12. The molecule has 0 saturated heterocycles. The summed E-state index contributed by atoms with van der Waals surface area (Å²) in [5.41, 5.74) is 2.60. The molecule has 17 heavy (non-hydrogen) atoms. The molecular formula is C16H19N. The van der Waals surface area contributed by atoms with Crippen molar-refractivity contribution < 1.29 is 0 Å². The van der Waals surface area contributed by atoms with Gasteiger partial charge < -0.3 is 5.32 Å². The molecule has 0 amide bonds. The highest BCUT2D eigenvalue weighted by Gasteiger charge is 2.00. The van der Waals surface area contributed by atoms with Gasteiger partial charge in [0.1, 0.15) is 0 Å². The van der Waals surface area contributed by atoms with Gasteiger partial charge in [0.15, 0.2) is 0 Å². The van der Waals surface area contributed by atoms with Gasteiger partial charge in [0, 0.05) is 11.4 Å². The first-order valence-electron chi connectivity index (χ1n) is 6.27. The van der Waals surface area contributed by atoms with E-state index in [4.69, 9.17) is 0 Å². The van der Waals surface area contributed by atoms with Gasteiger partial charge in [-0.05, 0) is 37.8 Å². The number of nitrogens with one attached hydrogen (secondary N) is 1.